The Morgan fingerprint density at radius 3 is 2.88 bits per heavy atom. The van der Waals surface area contributed by atoms with Crippen LogP contribution >= 0.6 is 11.8 Å². The molecule has 0 aromatic carbocycles. The molecule has 0 amide bonds. The molecule has 1 rings (SSSR count). The molecular formula is C12H26N4S. The maximum Gasteiger partial charge on any atom is 0.0449 e. The molecule has 1 heterocycles. The second kappa shape index (κ2) is 9.62. The molecule has 17 heavy (non-hydrogen) atoms. The SMILES string of the molecule is CNCCCCCN/C=C(\N)CN1CCSC1. The molecule has 1 aliphatic heterocycles. The summed E-state index contributed by atoms with van der Waals surface area (Å²) in [5, 5.41) is 6.45. The minimum atomic E-state index is 0.903. The number of unbranched alkanes of at least 4 members (excludes halogenated alkanes) is 2. The lowest BCUT2D eigenvalue weighted by molar-refractivity contribution is 0.385. The van der Waals surface area contributed by atoms with E-state index >= 15 is 0 Å². The van der Waals surface area contributed by atoms with Crippen LogP contribution in [-0.2, 0) is 0 Å². The predicted octanol–water partition coefficient (Wildman–Crippen LogP) is 0.772. The standard InChI is InChI=1S/C12H26N4S/c1-14-5-3-2-4-6-15-9-12(13)10-16-7-8-17-11-16/h9,14-15H,2-8,10-11,13H2,1H3/b12-9-. The van der Waals surface area contributed by atoms with Gasteiger partial charge in [-0.05, 0) is 26.4 Å². The highest BCUT2D eigenvalue weighted by molar-refractivity contribution is 7.99. The minimum absolute atomic E-state index is 0.903. The normalized spacial score (nSPS) is 17.6. The van der Waals surface area contributed by atoms with Crippen molar-refractivity contribution in [2.75, 3.05) is 44.9 Å². The molecule has 1 saturated heterocycles. The van der Waals surface area contributed by atoms with E-state index in [4.69, 9.17) is 5.73 Å². The summed E-state index contributed by atoms with van der Waals surface area (Å²) in [5.74, 6) is 2.37. The van der Waals surface area contributed by atoms with Crippen molar-refractivity contribution in [3.05, 3.63) is 11.9 Å². The number of hydrogen-bond acceptors (Lipinski definition) is 5. The Labute approximate surface area is 109 Å². The highest BCUT2D eigenvalue weighted by atomic mass is 32.2. The van der Waals surface area contributed by atoms with Gasteiger partial charge in [0.2, 0.25) is 0 Å². The number of nitrogens with zero attached hydrogens (tertiary/aromatic N) is 1. The van der Waals surface area contributed by atoms with Gasteiger partial charge < -0.3 is 16.4 Å². The van der Waals surface area contributed by atoms with Gasteiger partial charge in [0.05, 0.1) is 0 Å². The van der Waals surface area contributed by atoms with Crippen LogP contribution < -0.4 is 16.4 Å². The molecule has 0 aromatic rings. The third-order valence-electron chi connectivity index (χ3n) is 2.77. The zero-order chi connectivity index (χ0) is 12.3. The summed E-state index contributed by atoms with van der Waals surface area (Å²) in [6, 6.07) is 0. The van der Waals surface area contributed by atoms with Gasteiger partial charge in [-0.3, -0.25) is 4.90 Å². The highest BCUT2D eigenvalue weighted by Crippen LogP contribution is 2.13. The van der Waals surface area contributed by atoms with Gasteiger partial charge in [-0.25, -0.2) is 0 Å². The van der Waals surface area contributed by atoms with Crippen LogP contribution in [0.2, 0.25) is 0 Å². The van der Waals surface area contributed by atoms with Gasteiger partial charge in [-0.1, -0.05) is 6.42 Å². The molecule has 4 N–H and O–H groups in total. The Kier molecular flexibility index (Phi) is 8.30. The molecule has 4 nitrogen and oxygen atoms in total. The summed E-state index contributed by atoms with van der Waals surface area (Å²) in [6.45, 7) is 4.22. The second-order valence-electron chi connectivity index (χ2n) is 4.43. The van der Waals surface area contributed by atoms with Crippen LogP contribution in [0.4, 0.5) is 0 Å². The van der Waals surface area contributed by atoms with Crippen molar-refractivity contribution in [1.29, 1.82) is 0 Å². The van der Waals surface area contributed by atoms with E-state index in [-0.39, 0.29) is 0 Å². The van der Waals surface area contributed by atoms with Gasteiger partial charge in [0, 0.05) is 43.2 Å². The van der Waals surface area contributed by atoms with Gasteiger partial charge in [-0.2, -0.15) is 0 Å². The maximum atomic E-state index is 5.95. The van der Waals surface area contributed by atoms with Crippen molar-refractivity contribution in [3.8, 4) is 0 Å². The molecule has 0 aliphatic carbocycles. The second-order valence-corrected chi connectivity index (χ2v) is 5.50. The van der Waals surface area contributed by atoms with E-state index in [2.05, 4.69) is 15.5 Å². The first-order valence-electron chi connectivity index (χ1n) is 6.45. The summed E-state index contributed by atoms with van der Waals surface area (Å²) < 4.78 is 0. The molecule has 0 radical (unpaired) electrons. The first kappa shape index (κ1) is 14.7. The number of nitrogens with one attached hydrogen (secondary N) is 2. The molecule has 1 fully saturated rings. The van der Waals surface area contributed by atoms with Crippen LogP contribution in [0.5, 0.6) is 0 Å². The molecule has 1 aliphatic rings. The Morgan fingerprint density at radius 1 is 1.35 bits per heavy atom. The topological polar surface area (TPSA) is 53.3 Å². The summed E-state index contributed by atoms with van der Waals surface area (Å²) in [4.78, 5) is 2.38. The van der Waals surface area contributed by atoms with E-state index in [9.17, 15) is 0 Å². The zero-order valence-electron chi connectivity index (χ0n) is 10.9. The molecule has 0 atom stereocenters. The van der Waals surface area contributed by atoms with Gasteiger partial charge in [-0.15, -0.1) is 11.8 Å². The van der Waals surface area contributed by atoms with Crippen molar-refractivity contribution in [3.63, 3.8) is 0 Å². The van der Waals surface area contributed by atoms with Crippen LogP contribution in [-0.4, -0.2) is 49.8 Å². The quantitative estimate of drug-likeness (QED) is 0.534. The maximum absolute atomic E-state index is 5.95. The molecular weight excluding hydrogens is 232 g/mol. The molecule has 0 spiro atoms. The first-order valence-corrected chi connectivity index (χ1v) is 7.61. The van der Waals surface area contributed by atoms with Gasteiger partial charge in [0.25, 0.3) is 0 Å². The third kappa shape index (κ3) is 7.52. The lowest BCUT2D eigenvalue weighted by Crippen LogP contribution is -2.26. The van der Waals surface area contributed by atoms with E-state index in [1.807, 2.05) is 25.0 Å². The molecule has 0 unspecified atom stereocenters. The Hall–Kier alpha value is -0.390. The van der Waals surface area contributed by atoms with Crippen molar-refractivity contribution in [1.82, 2.24) is 15.5 Å². The van der Waals surface area contributed by atoms with E-state index in [1.54, 1.807) is 0 Å². The number of rotatable bonds is 9. The highest BCUT2D eigenvalue weighted by Gasteiger charge is 2.11. The van der Waals surface area contributed by atoms with Gasteiger partial charge in [0.1, 0.15) is 0 Å². The minimum Gasteiger partial charge on any atom is -0.400 e. The summed E-state index contributed by atoms with van der Waals surface area (Å²) in [6.07, 6.45) is 5.71. The number of thioether (sulfide) groups is 1. The largest absolute Gasteiger partial charge is 0.400 e. The average molecular weight is 258 g/mol. The lowest BCUT2D eigenvalue weighted by atomic mass is 10.2. The predicted molar refractivity (Wildman–Crippen MR) is 76.9 cm³/mol. The van der Waals surface area contributed by atoms with E-state index in [0.717, 1.165) is 31.2 Å². The van der Waals surface area contributed by atoms with Crippen LogP contribution in [0.25, 0.3) is 0 Å². The summed E-state index contributed by atoms with van der Waals surface area (Å²) >= 11 is 1.98. The number of nitrogens with two attached hydrogens (primary N) is 1. The zero-order valence-corrected chi connectivity index (χ0v) is 11.7. The molecule has 0 saturated carbocycles. The van der Waals surface area contributed by atoms with E-state index < -0.39 is 0 Å². The van der Waals surface area contributed by atoms with Crippen molar-refractivity contribution < 1.29 is 0 Å². The van der Waals surface area contributed by atoms with E-state index in [1.165, 1.54) is 31.6 Å². The van der Waals surface area contributed by atoms with Crippen molar-refractivity contribution in [2.45, 2.75) is 19.3 Å². The Balaban J connectivity index is 1.95. The Bertz CT molecular complexity index is 215. The fraction of sp³-hybridized carbons (Fsp3) is 0.833. The molecule has 5 heteroatoms. The van der Waals surface area contributed by atoms with Gasteiger partial charge >= 0.3 is 0 Å². The van der Waals surface area contributed by atoms with Crippen LogP contribution in [0, 0.1) is 0 Å². The fourth-order valence-corrected chi connectivity index (χ4v) is 2.78. The fourth-order valence-electron chi connectivity index (χ4n) is 1.79. The lowest BCUT2D eigenvalue weighted by Gasteiger charge is -2.13. The first-order chi connectivity index (χ1) is 8.33. The van der Waals surface area contributed by atoms with E-state index in [0.29, 0.717) is 0 Å². The third-order valence-corrected chi connectivity index (χ3v) is 3.79. The molecule has 0 aromatic heterocycles. The smallest absolute Gasteiger partial charge is 0.0449 e. The van der Waals surface area contributed by atoms with Crippen LogP contribution in [0.3, 0.4) is 0 Å². The monoisotopic (exact) mass is 258 g/mol. The molecule has 100 valence electrons. The Morgan fingerprint density at radius 2 is 2.18 bits per heavy atom. The van der Waals surface area contributed by atoms with Crippen molar-refractivity contribution in [2.24, 2.45) is 5.73 Å². The average Bonchev–Trinajstić information content (AvgIpc) is 2.80. The van der Waals surface area contributed by atoms with Gasteiger partial charge in [0.15, 0.2) is 0 Å². The van der Waals surface area contributed by atoms with Crippen LogP contribution in [0.15, 0.2) is 11.9 Å². The van der Waals surface area contributed by atoms with Crippen LogP contribution in [0.1, 0.15) is 19.3 Å². The summed E-state index contributed by atoms with van der Waals surface area (Å²) in [5.41, 5.74) is 6.90. The number of hydrogen-bond donors (Lipinski definition) is 3. The molecule has 0 bridgehead atoms. The summed E-state index contributed by atoms with van der Waals surface area (Å²) in [7, 11) is 2.00. The van der Waals surface area contributed by atoms with Crippen molar-refractivity contribution >= 4 is 11.8 Å².